The number of hydrogen-bond acceptors (Lipinski definition) is 2. The number of carbonyl (C=O) groups is 1. The fourth-order valence-electron chi connectivity index (χ4n) is 2.46. The number of hydrogen-bond donors (Lipinski definition) is 2. The van der Waals surface area contributed by atoms with Gasteiger partial charge in [-0.05, 0) is 31.5 Å². The molecule has 2 aromatic rings. The molecule has 0 saturated heterocycles. The number of amides is 2. The lowest BCUT2D eigenvalue weighted by atomic mass is 10.0. The van der Waals surface area contributed by atoms with Crippen molar-refractivity contribution in [3.63, 3.8) is 0 Å². The standard InChI is InChI=1S/C16H19F3N4O/c1-10-8-12(23(3)22-10)9-20-15(24)21-11(2)13-6-4-5-7-14(13)16(17,18)19/h4-8,11H,9H2,1-3H3,(H2,20,21,24). The lowest BCUT2D eigenvalue weighted by Crippen LogP contribution is -2.37. The Balaban J connectivity index is 2.01. The Kier molecular flexibility index (Phi) is 5.16. The average Bonchev–Trinajstić information content (AvgIpc) is 2.82. The highest BCUT2D eigenvalue weighted by atomic mass is 19.4. The first-order valence-corrected chi connectivity index (χ1v) is 7.38. The van der Waals surface area contributed by atoms with Crippen LogP contribution in [0.15, 0.2) is 30.3 Å². The summed E-state index contributed by atoms with van der Waals surface area (Å²) in [7, 11) is 1.75. The van der Waals surface area contributed by atoms with Crippen molar-refractivity contribution in [3.8, 4) is 0 Å². The lowest BCUT2D eigenvalue weighted by Gasteiger charge is -2.19. The van der Waals surface area contributed by atoms with E-state index in [0.29, 0.717) is 0 Å². The van der Waals surface area contributed by atoms with Gasteiger partial charge in [-0.2, -0.15) is 18.3 Å². The van der Waals surface area contributed by atoms with Crippen molar-refractivity contribution in [2.75, 3.05) is 0 Å². The van der Waals surface area contributed by atoms with Gasteiger partial charge in [-0.3, -0.25) is 4.68 Å². The minimum atomic E-state index is -4.46. The molecule has 0 saturated carbocycles. The molecular weight excluding hydrogens is 321 g/mol. The van der Waals surface area contributed by atoms with Crippen molar-refractivity contribution >= 4 is 6.03 Å². The highest BCUT2D eigenvalue weighted by molar-refractivity contribution is 5.74. The summed E-state index contributed by atoms with van der Waals surface area (Å²) in [6.45, 7) is 3.58. The topological polar surface area (TPSA) is 59.0 Å². The molecule has 2 rings (SSSR count). The summed E-state index contributed by atoms with van der Waals surface area (Å²) in [6.07, 6.45) is -4.46. The third kappa shape index (κ3) is 4.27. The minimum Gasteiger partial charge on any atom is -0.333 e. The number of aryl methyl sites for hydroxylation is 2. The van der Waals surface area contributed by atoms with Gasteiger partial charge in [0, 0.05) is 7.05 Å². The third-order valence-corrected chi connectivity index (χ3v) is 3.61. The SMILES string of the molecule is Cc1cc(CNC(=O)NC(C)c2ccccc2C(F)(F)F)n(C)n1. The molecule has 1 aromatic heterocycles. The van der Waals surface area contributed by atoms with E-state index < -0.39 is 23.8 Å². The van der Waals surface area contributed by atoms with E-state index in [0.717, 1.165) is 17.5 Å². The second kappa shape index (κ2) is 6.94. The molecular formula is C16H19F3N4O. The first kappa shape index (κ1) is 17.8. The first-order valence-electron chi connectivity index (χ1n) is 7.38. The van der Waals surface area contributed by atoms with Crippen LogP contribution in [0.3, 0.4) is 0 Å². The Bertz CT molecular complexity index is 724. The maximum atomic E-state index is 13.0. The molecule has 130 valence electrons. The number of benzene rings is 1. The normalized spacial score (nSPS) is 12.8. The van der Waals surface area contributed by atoms with Crippen LogP contribution in [0.1, 0.15) is 35.5 Å². The molecule has 1 aromatic carbocycles. The zero-order chi connectivity index (χ0) is 17.9. The van der Waals surface area contributed by atoms with Gasteiger partial charge in [-0.25, -0.2) is 4.79 Å². The average molecular weight is 340 g/mol. The Hall–Kier alpha value is -2.51. The molecule has 2 N–H and O–H groups in total. The molecule has 24 heavy (non-hydrogen) atoms. The van der Waals surface area contributed by atoms with E-state index in [4.69, 9.17) is 0 Å². The highest BCUT2D eigenvalue weighted by Gasteiger charge is 2.34. The third-order valence-electron chi connectivity index (χ3n) is 3.61. The van der Waals surface area contributed by atoms with Crippen molar-refractivity contribution in [2.24, 2.45) is 7.05 Å². The summed E-state index contributed by atoms with van der Waals surface area (Å²) < 4.78 is 40.7. The second-order valence-corrected chi connectivity index (χ2v) is 5.53. The van der Waals surface area contributed by atoms with E-state index in [1.54, 1.807) is 11.7 Å². The maximum Gasteiger partial charge on any atom is 0.416 e. The molecule has 0 aliphatic rings. The zero-order valence-corrected chi connectivity index (χ0v) is 13.6. The Morgan fingerprint density at radius 3 is 2.58 bits per heavy atom. The van der Waals surface area contributed by atoms with E-state index in [-0.39, 0.29) is 12.1 Å². The van der Waals surface area contributed by atoms with Gasteiger partial charge in [0.25, 0.3) is 0 Å². The van der Waals surface area contributed by atoms with Gasteiger partial charge in [0.2, 0.25) is 0 Å². The van der Waals surface area contributed by atoms with Crippen molar-refractivity contribution in [1.82, 2.24) is 20.4 Å². The molecule has 0 aliphatic heterocycles. The molecule has 0 radical (unpaired) electrons. The summed E-state index contributed by atoms with van der Waals surface area (Å²) >= 11 is 0. The molecule has 2 amide bonds. The Morgan fingerprint density at radius 1 is 1.33 bits per heavy atom. The number of alkyl halides is 3. The van der Waals surface area contributed by atoms with E-state index >= 15 is 0 Å². The van der Waals surface area contributed by atoms with Gasteiger partial charge in [-0.1, -0.05) is 18.2 Å². The smallest absolute Gasteiger partial charge is 0.333 e. The summed E-state index contributed by atoms with van der Waals surface area (Å²) in [5.41, 5.74) is 0.893. The summed E-state index contributed by atoms with van der Waals surface area (Å²) in [5, 5.41) is 9.30. The van der Waals surface area contributed by atoms with Crippen LogP contribution >= 0.6 is 0 Å². The van der Waals surface area contributed by atoms with Crippen LogP contribution in [0, 0.1) is 6.92 Å². The molecule has 1 heterocycles. The maximum absolute atomic E-state index is 13.0. The Labute approximate surface area is 137 Å². The fraction of sp³-hybridized carbons (Fsp3) is 0.375. The van der Waals surface area contributed by atoms with E-state index in [2.05, 4.69) is 15.7 Å². The number of carbonyl (C=O) groups excluding carboxylic acids is 1. The van der Waals surface area contributed by atoms with Crippen molar-refractivity contribution in [3.05, 3.63) is 52.8 Å². The molecule has 8 heteroatoms. The van der Waals surface area contributed by atoms with Gasteiger partial charge in [0.05, 0.1) is 29.5 Å². The lowest BCUT2D eigenvalue weighted by molar-refractivity contribution is -0.138. The first-order chi connectivity index (χ1) is 11.2. The van der Waals surface area contributed by atoms with Crippen LogP contribution in [-0.2, 0) is 19.8 Å². The van der Waals surface area contributed by atoms with E-state index in [9.17, 15) is 18.0 Å². The van der Waals surface area contributed by atoms with Gasteiger partial charge in [-0.15, -0.1) is 0 Å². The van der Waals surface area contributed by atoms with Crippen molar-refractivity contribution in [1.29, 1.82) is 0 Å². The largest absolute Gasteiger partial charge is 0.416 e. The van der Waals surface area contributed by atoms with E-state index in [1.165, 1.54) is 25.1 Å². The van der Waals surface area contributed by atoms with Crippen LogP contribution in [0.2, 0.25) is 0 Å². The number of rotatable bonds is 4. The molecule has 1 atom stereocenters. The molecule has 0 fully saturated rings. The number of nitrogens with zero attached hydrogens (tertiary/aromatic N) is 2. The van der Waals surface area contributed by atoms with Crippen LogP contribution in [0.5, 0.6) is 0 Å². The highest BCUT2D eigenvalue weighted by Crippen LogP contribution is 2.34. The molecule has 0 bridgehead atoms. The quantitative estimate of drug-likeness (QED) is 0.897. The monoisotopic (exact) mass is 340 g/mol. The minimum absolute atomic E-state index is 0.0246. The van der Waals surface area contributed by atoms with Crippen LogP contribution in [-0.4, -0.2) is 15.8 Å². The summed E-state index contributed by atoms with van der Waals surface area (Å²) in [6, 6.07) is 5.70. The van der Waals surface area contributed by atoms with E-state index in [1.807, 2.05) is 13.0 Å². The van der Waals surface area contributed by atoms with Crippen LogP contribution in [0.4, 0.5) is 18.0 Å². The number of aromatic nitrogens is 2. The fourth-order valence-corrected chi connectivity index (χ4v) is 2.46. The molecule has 1 unspecified atom stereocenters. The van der Waals surface area contributed by atoms with Gasteiger partial charge < -0.3 is 10.6 Å². The van der Waals surface area contributed by atoms with Gasteiger partial charge in [0.1, 0.15) is 0 Å². The summed E-state index contributed by atoms with van der Waals surface area (Å²) in [5.74, 6) is 0. The molecule has 0 spiro atoms. The summed E-state index contributed by atoms with van der Waals surface area (Å²) in [4.78, 5) is 11.9. The van der Waals surface area contributed by atoms with Crippen molar-refractivity contribution < 1.29 is 18.0 Å². The number of urea groups is 1. The molecule has 0 aliphatic carbocycles. The Morgan fingerprint density at radius 2 is 2.00 bits per heavy atom. The number of nitrogens with one attached hydrogen (secondary N) is 2. The van der Waals surface area contributed by atoms with Crippen LogP contribution in [0.25, 0.3) is 0 Å². The predicted octanol–water partition coefficient (Wildman–Crippen LogP) is 3.31. The zero-order valence-electron chi connectivity index (χ0n) is 13.6. The predicted molar refractivity (Wildman–Crippen MR) is 83.2 cm³/mol. The van der Waals surface area contributed by atoms with Gasteiger partial charge in [0.15, 0.2) is 0 Å². The van der Waals surface area contributed by atoms with Crippen LogP contribution < -0.4 is 10.6 Å². The van der Waals surface area contributed by atoms with Crippen molar-refractivity contribution in [2.45, 2.75) is 32.6 Å². The number of halogens is 3. The molecule has 5 nitrogen and oxygen atoms in total. The van der Waals surface area contributed by atoms with Gasteiger partial charge >= 0.3 is 12.2 Å². The second-order valence-electron chi connectivity index (χ2n) is 5.53.